The van der Waals surface area contributed by atoms with E-state index in [0.717, 1.165) is 0 Å². The lowest BCUT2D eigenvalue weighted by molar-refractivity contribution is -0.114. The third kappa shape index (κ3) is 2.01. The molecule has 0 aliphatic rings. The van der Waals surface area contributed by atoms with Crippen molar-refractivity contribution in [3.63, 3.8) is 0 Å². The van der Waals surface area contributed by atoms with Crippen LogP contribution in [0.5, 0.6) is 0 Å². The van der Waals surface area contributed by atoms with Crippen LogP contribution in [-0.2, 0) is 4.79 Å². The summed E-state index contributed by atoms with van der Waals surface area (Å²) in [7, 11) is 1.68. The topological polar surface area (TPSA) is 32.7 Å². The molecular formula is C7H12N2O. The Morgan fingerprint density at radius 2 is 2.20 bits per heavy atom. The molecule has 0 saturated heterocycles. The van der Waals surface area contributed by atoms with Crippen LogP contribution in [0.4, 0.5) is 0 Å². The van der Waals surface area contributed by atoms with Gasteiger partial charge in [0.1, 0.15) is 0 Å². The average molecular weight is 140 g/mol. The van der Waals surface area contributed by atoms with Crippen LogP contribution < -0.4 is 0 Å². The van der Waals surface area contributed by atoms with E-state index in [9.17, 15) is 4.79 Å². The zero-order chi connectivity index (χ0) is 8.15. The van der Waals surface area contributed by atoms with Crippen LogP contribution in [0, 0.1) is 0 Å². The minimum absolute atomic E-state index is 0.00241. The van der Waals surface area contributed by atoms with Gasteiger partial charge in [-0.1, -0.05) is 6.08 Å². The molecule has 0 atom stereocenters. The highest BCUT2D eigenvalue weighted by molar-refractivity contribution is 5.92. The average Bonchev–Trinajstić information content (AvgIpc) is 1.88. The second-order valence-corrected chi connectivity index (χ2v) is 1.90. The van der Waals surface area contributed by atoms with Gasteiger partial charge >= 0.3 is 0 Å². The van der Waals surface area contributed by atoms with Crippen molar-refractivity contribution >= 4 is 12.5 Å². The molecule has 0 spiro atoms. The lowest BCUT2D eigenvalue weighted by Gasteiger charge is -2.12. The van der Waals surface area contributed by atoms with E-state index >= 15 is 0 Å². The number of carbonyl (C=O) groups excluding carboxylic acids is 1. The molecule has 56 valence electrons. The number of rotatable bonds is 3. The summed E-state index contributed by atoms with van der Waals surface area (Å²) in [6.45, 7) is 6.58. The van der Waals surface area contributed by atoms with Crippen LogP contribution in [0.1, 0.15) is 13.8 Å². The van der Waals surface area contributed by atoms with Crippen molar-refractivity contribution in [2.45, 2.75) is 13.8 Å². The number of likely N-dealkylation sites (N-methyl/N-ethyl adjacent to an activating group) is 1. The van der Waals surface area contributed by atoms with Crippen LogP contribution in [0.25, 0.3) is 0 Å². The molecular weight excluding hydrogens is 128 g/mol. The predicted octanol–water partition coefficient (Wildman–Crippen LogP) is 1.03. The maximum absolute atomic E-state index is 10.8. The van der Waals surface area contributed by atoms with Crippen LogP contribution in [0.3, 0.4) is 0 Å². The summed E-state index contributed by atoms with van der Waals surface area (Å²) < 4.78 is 0. The first-order chi connectivity index (χ1) is 4.63. The molecule has 0 radical (unpaired) electrons. The smallest absolute Gasteiger partial charge is 0.177 e. The van der Waals surface area contributed by atoms with E-state index in [4.69, 9.17) is 0 Å². The molecule has 0 fully saturated rings. The van der Waals surface area contributed by atoms with E-state index in [2.05, 4.69) is 11.8 Å². The van der Waals surface area contributed by atoms with Crippen LogP contribution in [0.15, 0.2) is 16.9 Å². The predicted molar refractivity (Wildman–Crippen MR) is 41.8 cm³/mol. The minimum atomic E-state index is -0.00241. The van der Waals surface area contributed by atoms with Gasteiger partial charge in [-0.2, -0.15) is 5.10 Å². The summed E-state index contributed by atoms with van der Waals surface area (Å²) >= 11 is 0. The van der Waals surface area contributed by atoms with Crippen LogP contribution in [-0.4, -0.2) is 24.6 Å². The summed E-state index contributed by atoms with van der Waals surface area (Å²) in [5.74, 6) is -0.00241. The maximum Gasteiger partial charge on any atom is 0.177 e. The number of carbonyl (C=O) groups is 1. The molecule has 0 N–H and O–H groups in total. The van der Waals surface area contributed by atoms with Crippen molar-refractivity contribution in [2.24, 2.45) is 5.10 Å². The fourth-order valence-corrected chi connectivity index (χ4v) is 0.694. The highest BCUT2D eigenvalue weighted by Crippen LogP contribution is 2.01. The van der Waals surface area contributed by atoms with Crippen molar-refractivity contribution in [1.82, 2.24) is 5.01 Å². The number of hydrazone groups is 1. The summed E-state index contributed by atoms with van der Waals surface area (Å²) in [6, 6.07) is 0. The molecule has 3 nitrogen and oxygen atoms in total. The quantitative estimate of drug-likeness (QED) is 0.333. The van der Waals surface area contributed by atoms with E-state index in [0.29, 0.717) is 5.70 Å². The van der Waals surface area contributed by atoms with Gasteiger partial charge in [0, 0.05) is 20.7 Å². The SMILES string of the molecule is C=NN(C)/C(=C\C)C(C)=O. The Morgan fingerprint density at radius 3 is 2.30 bits per heavy atom. The van der Waals surface area contributed by atoms with Crippen LogP contribution >= 0.6 is 0 Å². The van der Waals surface area contributed by atoms with Gasteiger partial charge < -0.3 is 0 Å². The van der Waals surface area contributed by atoms with Gasteiger partial charge in [0.05, 0.1) is 5.70 Å². The van der Waals surface area contributed by atoms with E-state index < -0.39 is 0 Å². The van der Waals surface area contributed by atoms with Gasteiger partial charge in [0.15, 0.2) is 5.78 Å². The van der Waals surface area contributed by atoms with Gasteiger partial charge in [-0.15, -0.1) is 0 Å². The first-order valence-electron chi connectivity index (χ1n) is 3.01. The zero-order valence-corrected chi connectivity index (χ0v) is 6.59. The molecule has 0 rings (SSSR count). The van der Waals surface area contributed by atoms with E-state index in [1.165, 1.54) is 11.9 Å². The molecule has 0 aromatic rings. The second kappa shape index (κ2) is 3.82. The third-order valence-electron chi connectivity index (χ3n) is 1.19. The number of hydrogen-bond acceptors (Lipinski definition) is 3. The molecule has 0 aliphatic heterocycles. The molecule has 0 saturated carbocycles. The largest absolute Gasteiger partial charge is 0.293 e. The van der Waals surface area contributed by atoms with Crippen molar-refractivity contribution in [3.05, 3.63) is 11.8 Å². The van der Waals surface area contributed by atoms with Gasteiger partial charge in [-0.05, 0) is 6.92 Å². The highest BCUT2D eigenvalue weighted by Gasteiger charge is 2.04. The van der Waals surface area contributed by atoms with Crippen molar-refractivity contribution in [1.29, 1.82) is 0 Å². The van der Waals surface area contributed by atoms with E-state index in [1.807, 2.05) is 0 Å². The molecule has 0 amide bonds. The lowest BCUT2D eigenvalue weighted by atomic mass is 10.3. The Bertz CT molecular complexity index is 172. The van der Waals surface area contributed by atoms with Crippen molar-refractivity contribution < 1.29 is 4.79 Å². The Labute approximate surface area is 61.0 Å². The second-order valence-electron chi connectivity index (χ2n) is 1.90. The third-order valence-corrected chi connectivity index (χ3v) is 1.19. The minimum Gasteiger partial charge on any atom is -0.293 e. The monoisotopic (exact) mass is 140 g/mol. The molecule has 0 heterocycles. The number of ketones is 1. The highest BCUT2D eigenvalue weighted by atomic mass is 16.1. The lowest BCUT2D eigenvalue weighted by Crippen LogP contribution is -2.15. The molecule has 0 aliphatic carbocycles. The normalized spacial score (nSPS) is 10.9. The number of allylic oxidation sites excluding steroid dienone is 2. The van der Waals surface area contributed by atoms with Gasteiger partial charge in [0.25, 0.3) is 0 Å². The Kier molecular flexibility index (Phi) is 3.39. The fourth-order valence-electron chi connectivity index (χ4n) is 0.694. The molecule has 10 heavy (non-hydrogen) atoms. The molecule has 3 heteroatoms. The first-order valence-corrected chi connectivity index (χ1v) is 3.01. The Balaban J connectivity index is 4.37. The van der Waals surface area contributed by atoms with E-state index in [1.54, 1.807) is 20.0 Å². The molecule has 0 aromatic heterocycles. The van der Waals surface area contributed by atoms with Crippen LogP contribution in [0.2, 0.25) is 0 Å². The van der Waals surface area contributed by atoms with Crippen molar-refractivity contribution in [3.8, 4) is 0 Å². The standard InChI is InChI=1S/C7H12N2O/c1-5-7(6(2)10)9(4)8-3/h5H,3H2,1-2,4H3/b7-5-. The maximum atomic E-state index is 10.8. The van der Waals surface area contributed by atoms with E-state index in [-0.39, 0.29) is 5.78 Å². The zero-order valence-electron chi connectivity index (χ0n) is 6.59. The fraction of sp³-hybridized carbons (Fsp3) is 0.429. The Hall–Kier alpha value is -1.12. The Morgan fingerprint density at radius 1 is 1.70 bits per heavy atom. The van der Waals surface area contributed by atoms with Gasteiger partial charge in [-0.25, -0.2) is 0 Å². The summed E-state index contributed by atoms with van der Waals surface area (Å²) in [5, 5.41) is 5.02. The summed E-state index contributed by atoms with van der Waals surface area (Å²) in [4.78, 5) is 10.8. The summed E-state index contributed by atoms with van der Waals surface area (Å²) in [5.41, 5.74) is 0.565. The molecule has 0 bridgehead atoms. The van der Waals surface area contributed by atoms with Crippen molar-refractivity contribution in [2.75, 3.05) is 7.05 Å². The summed E-state index contributed by atoms with van der Waals surface area (Å²) in [6.07, 6.45) is 1.71. The molecule has 0 aromatic carbocycles. The number of Topliss-reactive ketones (excluding diaryl/α,β-unsaturated/α-hetero) is 1. The number of hydrogen-bond donors (Lipinski definition) is 0. The number of nitrogens with zero attached hydrogens (tertiary/aromatic N) is 2. The van der Waals surface area contributed by atoms with Gasteiger partial charge in [-0.3, -0.25) is 9.80 Å². The molecule has 0 unspecified atom stereocenters. The van der Waals surface area contributed by atoms with Gasteiger partial charge in [0.2, 0.25) is 0 Å². The first kappa shape index (κ1) is 8.88.